The van der Waals surface area contributed by atoms with Crippen LogP contribution in [0.3, 0.4) is 0 Å². The minimum Gasteiger partial charge on any atom is -0.338 e. The summed E-state index contributed by atoms with van der Waals surface area (Å²) >= 11 is 0. The van der Waals surface area contributed by atoms with E-state index in [1.165, 1.54) is 0 Å². The molecule has 0 bridgehead atoms. The molecular weight excluding hydrogens is 340 g/mol. The van der Waals surface area contributed by atoms with Crippen LogP contribution in [0.1, 0.15) is 37.2 Å². The highest BCUT2D eigenvalue weighted by molar-refractivity contribution is 7.88. The Labute approximate surface area is 148 Å². The number of aryl methyl sites for hydroxylation is 1. The zero-order valence-corrected chi connectivity index (χ0v) is 15.4. The third-order valence-corrected chi connectivity index (χ3v) is 6.41. The molecule has 0 radical (unpaired) electrons. The van der Waals surface area contributed by atoms with Crippen LogP contribution in [0, 0.1) is 0 Å². The Morgan fingerprint density at radius 2 is 1.84 bits per heavy atom. The maximum atomic E-state index is 12.6. The van der Waals surface area contributed by atoms with E-state index in [2.05, 4.69) is 15.0 Å². The van der Waals surface area contributed by atoms with Gasteiger partial charge in [-0.2, -0.15) is 9.29 Å². The van der Waals surface area contributed by atoms with Gasteiger partial charge in [0.15, 0.2) is 5.82 Å². The number of hydrogen-bond acceptors (Lipinski definition) is 6. The Balaban J connectivity index is 1.59. The summed E-state index contributed by atoms with van der Waals surface area (Å²) in [6.07, 6.45) is 0.738. The molecule has 0 spiro atoms. The molecule has 1 aromatic carbocycles. The van der Waals surface area contributed by atoms with Gasteiger partial charge in [-0.05, 0) is 12.5 Å². The minimum absolute atomic E-state index is 0.00761. The summed E-state index contributed by atoms with van der Waals surface area (Å²) in [7, 11) is -3.29. The highest BCUT2D eigenvalue weighted by Crippen LogP contribution is 2.22. The first kappa shape index (κ1) is 18.0. The Morgan fingerprint density at radius 1 is 1.16 bits per heavy atom. The van der Waals surface area contributed by atoms with Crippen molar-refractivity contribution in [2.45, 2.75) is 32.1 Å². The molecule has 3 rings (SSSR count). The fraction of sp³-hybridized carbons (Fsp3) is 0.529. The van der Waals surface area contributed by atoms with Crippen molar-refractivity contribution in [2.24, 2.45) is 0 Å². The van der Waals surface area contributed by atoms with Gasteiger partial charge in [0, 0.05) is 32.6 Å². The lowest BCUT2D eigenvalue weighted by molar-refractivity contribution is 0.124. The van der Waals surface area contributed by atoms with Gasteiger partial charge >= 0.3 is 0 Å². The van der Waals surface area contributed by atoms with E-state index in [-0.39, 0.29) is 11.8 Å². The molecule has 7 nitrogen and oxygen atoms in total. The molecule has 0 aliphatic carbocycles. The Morgan fingerprint density at radius 3 is 2.44 bits per heavy atom. The molecule has 1 aromatic heterocycles. The van der Waals surface area contributed by atoms with Gasteiger partial charge in [-0.15, -0.1) is 0 Å². The first-order valence-corrected chi connectivity index (χ1v) is 10.2. The summed E-state index contributed by atoms with van der Waals surface area (Å²) in [4.78, 5) is 6.56. The van der Waals surface area contributed by atoms with Gasteiger partial charge in [-0.1, -0.05) is 42.4 Å². The van der Waals surface area contributed by atoms with E-state index in [0.29, 0.717) is 37.9 Å². The van der Waals surface area contributed by atoms with Crippen molar-refractivity contribution in [3.63, 3.8) is 0 Å². The fourth-order valence-electron chi connectivity index (χ4n) is 2.98. The molecule has 1 aliphatic rings. The lowest BCUT2D eigenvalue weighted by Crippen LogP contribution is -2.49. The Hall–Kier alpha value is -1.77. The lowest BCUT2D eigenvalue weighted by atomic mass is 10.2. The summed E-state index contributed by atoms with van der Waals surface area (Å²) in [6.45, 7) is 6.26. The lowest BCUT2D eigenvalue weighted by Gasteiger charge is -2.36. The van der Waals surface area contributed by atoms with Gasteiger partial charge in [0.05, 0.1) is 11.8 Å². The topological polar surface area (TPSA) is 79.5 Å². The number of hydrogen-bond donors (Lipinski definition) is 0. The molecule has 8 heteroatoms. The molecule has 25 heavy (non-hydrogen) atoms. The maximum absolute atomic E-state index is 12.6. The van der Waals surface area contributed by atoms with Crippen LogP contribution in [0.5, 0.6) is 0 Å². The van der Waals surface area contributed by atoms with Gasteiger partial charge in [-0.3, -0.25) is 4.90 Å². The third kappa shape index (κ3) is 4.26. The summed E-state index contributed by atoms with van der Waals surface area (Å²) < 4.78 is 32.1. The van der Waals surface area contributed by atoms with E-state index in [4.69, 9.17) is 4.52 Å². The van der Waals surface area contributed by atoms with Crippen LogP contribution < -0.4 is 0 Å². The van der Waals surface area contributed by atoms with E-state index in [1.54, 1.807) is 4.31 Å². The van der Waals surface area contributed by atoms with E-state index < -0.39 is 10.0 Å². The molecule has 0 saturated carbocycles. The molecule has 1 atom stereocenters. The smallest absolute Gasteiger partial charge is 0.243 e. The molecule has 0 unspecified atom stereocenters. The average Bonchev–Trinajstić information content (AvgIpc) is 3.11. The zero-order valence-electron chi connectivity index (χ0n) is 14.6. The number of aromatic nitrogens is 2. The number of sulfonamides is 1. The maximum Gasteiger partial charge on any atom is 0.243 e. The molecule has 1 aliphatic heterocycles. The van der Waals surface area contributed by atoms with Crippen LogP contribution in [0.2, 0.25) is 0 Å². The van der Waals surface area contributed by atoms with Gasteiger partial charge in [0.1, 0.15) is 0 Å². The van der Waals surface area contributed by atoms with Gasteiger partial charge in [0.25, 0.3) is 0 Å². The molecule has 1 fully saturated rings. The minimum atomic E-state index is -3.29. The second-order valence-electron chi connectivity index (χ2n) is 6.26. The Kier molecular flexibility index (Phi) is 5.51. The molecule has 0 N–H and O–H groups in total. The zero-order chi connectivity index (χ0) is 17.9. The van der Waals surface area contributed by atoms with Crippen molar-refractivity contribution >= 4 is 10.0 Å². The van der Waals surface area contributed by atoms with Crippen LogP contribution in [-0.4, -0.2) is 53.9 Å². The largest absolute Gasteiger partial charge is 0.338 e. The number of rotatable bonds is 6. The van der Waals surface area contributed by atoms with Gasteiger partial charge in [-0.25, -0.2) is 8.42 Å². The van der Waals surface area contributed by atoms with E-state index in [9.17, 15) is 8.42 Å². The predicted molar refractivity (Wildman–Crippen MR) is 94.3 cm³/mol. The van der Waals surface area contributed by atoms with Gasteiger partial charge < -0.3 is 4.52 Å². The number of piperazine rings is 1. The van der Waals surface area contributed by atoms with Crippen molar-refractivity contribution < 1.29 is 12.9 Å². The first-order valence-electron chi connectivity index (χ1n) is 8.58. The Bertz CT molecular complexity index is 783. The quantitative estimate of drug-likeness (QED) is 0.778. The summed E-state index contributed by atoms with van der Waals surface area (Å²) in [6, 6.07) is 9.29. The van der Waals surface area contributed by atoms with E-state index in [1.807, 2.05) is 44.2 Å². The van der Waals surface area contributed by atoms with E-state index >= 15 is 0 Å². The average molecular weight is 364 g/mol. The fourth-order valence-corrected chi connectivity index (χ4v) is 4.50. The first-order chi connectivity index (χ1) is 12.0. The molecule has 1 saturated heterocycles. The predicted octanol–water partition coefficient (Wildman–Crippen LogP) is 1.84. The van der Waals surface area contributed by atoms with Crippen LogP contribution in [0.25, 0.3) is 0 Å². The van der Waals surface area contributed by atoms with Crippen molar-refractivity contribution in [2.75, 3.05) is 26.2 Å². The molecule has 2 aromatic rings. The van der Waals surface area contributed by atoms with Gasteiger partial charge in [0.2, 0.25) is 15.9 Å². The summed E-state index contributed by atoms with van der Waals surface area (Å²) in [5.41, 5.74) is 0.816. The van der Waals surface area contributed by atoms with Crippen LogP contribution in [0.4, 0.5) is 0 Å². The van der Waals surface area contributed by atoms with Crippen molar-refractivity contribution in [1.29, 1.82) is 0 Å². The van der Waals surface area contributed by atoms with Crippen LogP contribution >= 0.6 is 0 Å². The molecule has 0 amide bonds. The van der Waals surface area contributed by atoms with Crippen molar-refractivity contribution in [3.8, 4) is 0 Å². The van der Waals surface area contributed by atoms with Crippen molar-refractivity contribution in [3.05, 3.63) is 47.6 Å². The van der Waals surface area contributed by atoms with Crippen molar-refractivity contribution in [1.82, 2.24) is 19.3 Å². The summed E-state index contributed by atoms with van der Waals surface area (Å²) in [5, 5.41) is 3.93. The highest BCUT2D eigenvalue weighted by atomic mass is 32.2. The standard InChI is InChI=1S/C17H24N4O3S/c1-3-16-18-17(24-19-16)14(2)20-9-11-21(12-10-20)25(22,23)13-15-7-5-4-6-8-15/h4-8,14H,3,9-13H2,1-2H3/t14-/m0/s1. The molecule has 2 heterocycles. The molecular formula is C17H24N4O3S. The monoisotopic (exact) mass is 364 g/mol. The summed E-state index contributed by atoms with van der Waals surface area (Å²) in [5.74, 6) is 1.34. The third-order valence-electron chi connectivity index (χ3n) is 4.56. The second-order valence-corrected chi connectivity index (χ2v) is 8.22. The van der Waals surface area contributed by atoms with Crippen LogP contribution in [0.15, 0.2) is 34.9 Å². The van der Waals surface area contributed by atoms with Crippen LogP contribution in [-0.2, 0) is 22.2 Å². The molecule has 136 valence electrons. The normalized spacial score (nSPS) is 18.3. The SMILES string of the molecule is CCc1noc([C@H](C)N2CCN(S(=O)(=O)Cc3ccccc3)CC2)n1. The number of benzene rings is 1. The number of nitrogens with zero attached hydrogens (tertiary/aromatic N) is 4. The second kappa shape index (κ2) is 7.63. The van der Waals surface area contributed by atoms with E-state index in [0.717, 1.165) is 12.0 Å². The highest BCUT2D eigenvalue weighted by Gasteiger charge is 2.30.